The third-order valence-electron chi connectivity index (χ3n) is 4.32. The minimum Gasteiger partial charge on any atom is -0.384 e. The van der Waals surface area contributed by atoms with Crippen LogP contribution in [0.5, 0.6) is 0 Å². The summed E-state index contributed by atoms with van der Waals surface area (Å²) >= 11 is 0. The van der Waals surface area contributed by atoms with E-state index in [-0.39, 0.29) is 16.0 Å². The van der Waals surface area contributed by atoms with Crippen molar-refractivity contribution in [1.29, 1.82) is 0 Å². The first-order valence-corrected chi connectivity index (χ1v) is 8.77. The monoisotopic (exact) mass is 312 g/mol. The van der Waals surface area contributed by atoms with E-state index in [2.05, 4.69) is 19.2 Å². The second-order valence-corrected chi connectivity index (χ2v) is 8.07. The van der Waals surface area contributed by atoms with E-state index in [4.69, 9.17) is 0 Å². The van der Waals surface area contributed by atoms with Gasteiger partial charge in [-0.25, -0.2) is 8.42 Å². The molecule has 0 aromatic heterocycles. The van der Waals surface area contributed by atoms with Crippen LogP contribution in [-0.2, 0) is 9.84 Å². The molecule has 1 saturated carbocycles. The molecule has 0 saturated heterocycles. The van der Waals surface area contributed by atoms with E-state index < -0.39 is 14.8 Å². The third-order valence-corrected chi connectivity index (χ3v) is 5.44. The molecule has 0 unspecified atom stereocenters. The Morgan fingerprint density at radius 2 is 2.00 bits per heavy atom. The van der Waals surface area contributed by atoms with Gasteiger partial charge in [0.2, 0.25) is 0 Å². The van der Waals surface area contributed by atoms with E-state index in [0.717, 1.165) is 25.6 Å². The molecule has 0 spiro atoms. The van der Waals surface area contributed by atoms with Gasteiger partial charge in [0.05, 0.1) is 4.92 Å². The highest BCUT2D eigenvalue weighted by atomic mass is 32.2. The molecule has 0 heterocycles. The summed E-state index contributed by atoms with van der Waals surface area (Å²) in [5.74, 6) is 0.553. The highest BCUT2D eigenvalue weighted by Crippen LogP contribution is 2.51. The fourth-order valence-electron chi connectivity index (χ4n) is 2.47. The van der Waals surface area contributed by atoms with Crippen LogP contribution in [0.25, 0.3) is 0 Å². The minimum atomic E-state index is -3.64. The van der Waals surface area contributed by atoms with Crippen LogP contribution >= 0.6 is 0 Å². The Morgan fingerprint density at radius 1 is 1.38 bits per heavy atom. The smallest absolute Gasteiger partial charge is 0.288 e. The van der Waals surface area contributed by atoms with Gasteiger partial charge < -0.3 is 5.32 Å². The largest absolute Gasteiger partial charge is 0.384 e. The number of rotatable bonds is 6. The summed E-state index contributed by atoms with van der Waals surface area (Å²) < 4.78 is 23.4. The lowest BCUT2D eigenvalue weighted by molar-refractivity contribution is -0.387. The molecule has 2 rings (SSSR count). The second kappa shape index (κ2) is 5.29. The third kappa shape index (κ3) is 3.34. The van der Waals surface area contributed by atoms with Gasteiger partial charge in [0, 0.05) is 24.6 Å². The molecule has 7 heteroatoms. The summed E-state index contributed by atoms with van der Waals surface area (Å²) in [7, 11) is -3.64. The SMILES string of the molecule is CC(C)C1(CNc2ccc([N+](=O)[O-])c(S(C)(=O)=O)c2)CC1. The number of hydrogen-bond acceptors (Lipinski definition) is 5. The second-order valence-electron chi connectivity index (χ2n) is 6.08. The van der Waals surface area contributed by atoms with E-state index in [9.17, 15) is 18.5 Å². The summed E-state index contributed by atoms with van der Waals surface area (Å²) in [5.41, 5.74) is 0.494. The van der Waals surface area contributed by atoms with Crippen LogP contribution < -0.4 is 5.32 Å². The van der Waals surface area contributed by atoms with Crippen molar-refractivity contribution in [3.63, 3.8) is 0 Å². The predicted molar refractivity (Wildman–Crippen MR) is 81.2 cm³/mol. The van der Waals surface area contributed by atoms with Gasteiger partial charge in [-0.2, -0.15) is 0 Å². The highest BCUT2D eigenvalue weighted by molar-refractivity contribution is 7.90. The average molecular weight is 312 g/mol. The Labute approximate surface area is 124 Å². The van der Waals surface area contributed by atoms with Crippen LogP contribution in [-0.4, -0.2) is 26.1 Å². The van der Waals surface area contributed by atoms with Gasteiger partial charge in [-0.05, 0) is 36.3 Å². The first kappa shape index (κ1) is 15.8. The zero-order valence-corrected chi connectivity index (χ0v) is 13.2. The van der Waals surface area contributed by atoms with Crippen molar-refractivity contribution < 1.29 is 13.3 Å². The summed E-state index contributed by atoms with van der Waals surface area (Å²) in [6.07, 6.45) is 3.29. The Balaban J connectivity index is 2.25. The normalized spacial score (nSPS) is 16.8. The summed E-state index contributed by atoms with van der Waals surface area (Å²) in [6, 6.07) is 4.15. The quantitative estimate of drug-likeness (QED) is 0.644. The number of nitrogens with zero attached hydrogens (tertiary/aromatic N) is 1. The molecule has 0 bridgehead atoms. The number of nitro groups is 1. The molecule has 1 aliphatic carbocycles. The van der Waals surface area contributed by atoms with Crippen LogP contribution in [0.2, 0.25) is 0 Å². The first-order valence-electron chi connectivity index (χ1n) is 6.88. The van der Waals surface area contributed by atoms with Gasteiger partial charge in [-0.1, -0.05) is 13.8 Å². The Hall–Kier alpha value is -1.63. The van der Waals surface area contributed by atoms with E-state index >= 15 is 0 Å². The Bertz CT molecular complexity index is 664. The van der Waals surface area contributed by atoms with E-state index in [1.54, 1.807) is 6.07 Å². The molecule has 1 aromatic rings. The van der Waals surface area contributed by atoms with Crippen molar-refractivity contribution in [1.82, 2.24) is 0 Å². The maximum atomic E-state index is 11.7. The van der Waals surface area contributed by atoms with Crippen molar-refractivity contribution in [2.75, 3.05) is 18.1 Å². The topological polar surface area (TPSA) is 89.3 Å². The van der Waals surface area contributed by atoms with E-state index in [1.807, 2.05) is 0 Å². The van der Waals surface area contributed by atoms with Crippen molar-refractivity contribution in [3.05, 3.63) is 28.3 Å². The zero-order chi connectivity index (χ0) is 15.8. The van der Waals surface area contributed by atoms with Crippen LogP contribution in [0.1, 0.15) is 26.7 Å². The van der Waals surface area contributed by atoms with E-state index in [0.29, 0.717) is 11.6 Å². The number of sulfone groups is 1. The Morgan fingerprint density at radius 3 is 2.43 bits per heavy atom. The molecule has 116 valence electrons. The van der Waals surface area contributed by atoms with Crippen LogP contribution in [0, 0.1) is 21.4 Å². The fourth-order valence-corrected chi connectivity index (χ4v) is 3.33. The lowest BCUT2D eigenvalue weighted by Gasteiger charge is -2.20. The molecule has 0 amide bonds. The van der Waals surface area contributed by atoms with Gasteiger partial charge in [-0.3, -0.25) is 10.1 Å². The summed E-state index contributed by atoms with van der Waals surface area (Å²) in [6.45, 7) is 5.10. The molecule has 1 fully saturated rings. The maximum Gasteiger partial charge on any atom is 0.288 e. The van der Waals surface area contributed by atoms with Crippen molar-refractivity contribution >= 4 is 21.2 Å². The zero-order valence-electron chi connectivity index (χ0n) is 12.4. The van der Waals surface area contributed by atoms with Crippen LogP contribution in [0.4, 0.5) is 11.4 Å². The van der Waals surface area contributed by atoms with Gasteiger partial charge >= 0.3 is 0 Å². The molecule has 1 N–H and O–H groups in total. The summed E-state index contributed by atoms with van der Waals surface area (Å²) in [4.78, 5) is 10.0. The Kier molecular flexibility index (Phi) is 3.97. The molecule has 0 radical (unpaired) electrons. The molecular weight excluding hydrogens is 292 g/mol. The molecule has 21 heavy (non-hydrogen) atoms. The van der Waals surface area contributed by atoms with Crippen molar-refractivity contribution in [2.45, 2.75) is 31.6 Å². The fraction of sp³-hybridized carbons (Fsp3) is 0.571. The van der Waals surface area contributed by atoms with Gasteiger partial charge in [0.15, 0.2) is 9.84 Å². The van der Waals surface area contributed by atoms with Crippen molar-refractivity contribution in [2.24, 2.45) is 11.3 Å². The number of benzene rings is 1. The lowest BCUT2D eigenvalue weighted by atomic mass is 9.92. The van der Waals surface area contributed by atoms with Crippen molar-refractivity contribution in [3.8, 4) is 0 Å². The first-order chi connectivity index (χ1) is 9.66. The molecule has 6 nitrogen and oxygen atoms in total. The molecule has 0 atom stereocenters. The predicted octanol–water partition coefficient (Wildman–Crippen LogP) is 2.85. The molecular formula is C14H20N2O4S. The van der Waals surface area contributed by atoms with Crippen LogP contribution in [0.15, 0.2) is 23.1 Å². The van der Waals surface area contributed by atoms with Gasteiger partial charge in [0.25, 0.3) is 5.69 Å². The number of nitrogens with one attached hydrogen (secondary N) is 1. The number of anilines is 1. The van der Waals surface area contributed by atoms with Crippen LogP contribution in [0.3, 0.4) is 0 Å². The molecule has 0 aliphatic heterocycles. The highest BCUT2D eigenvalue weighted by Gasteiger charge is 2.44. The maximum absolute atomic E-state index is 11.7. The van der Waals surface area contributed by atoms with Gasteiger partial charge in [-0.15, -0.1) is 0 Å². The lowest BCUT2D eigenvalue weighted by Crippen LogP contribution is -2.21. The summed E-state index contributed by atoms with van der Waals surface area (Å²) in [5, 5.41) is 14.1. The average Bonchev–Trinajstić information content (AvgIpc) is 3.16. The van der Waals surface area contributed by atoms with E-state index in [1.165, 1.54) is 12.1 Å². The number of nitro benzene ring substituents is 1. The van der Waals surface area contributed by atoms with Gasteiger partial charge in [0.1, 0.15) is 4.90 Å². The number of hydrogen-bond donors (Lipinski definition) is 1. The standard InChI is InChI=1S/C14H20N2O4S/c1-10(2)14(6-7-14)9-15-11-4-5-12(16(17)18)13(8-11)21(3,19)20/h4-5,8,10,15H,6-7,9H2,1-3H3. The molecule has 1 aromatic carbocycles. The molecule has 1 aliphatic rings. The minimum absolute atomic E-state index is 0.244.